The molecule has 0 saturated heterocycles. The Morgan fingerprint density at radius 3 is 2.31 bits per heavy atom. The molecule has 0 aromatic rings. The Bertz CT molecular complexity index is 250. The van der Waals surface area contributed by atoms with Gasteiger partial charge >= 0.3 is 12.2 Å². The summed E-state index contributed by atoms with van der Waals surface area (Å²) in [6.07, 6.45) is -1.49. The lowest BCUT2D eigenvalue weighted by Crippen LogP contribution is -2.54. The lowest BCUT2D eigenvalue weighted by atomic mass is 9.99. The van der Waals surface area contributed by atoms with Gasteiger partial charge in [0.15, 0.2) is 0 Å². The van der Waals surface area contributed by atoms with Gasteiger partial charge in [0, 0.05) is 0 Å². The first-order chi connectivity index (χ1) is 7.37. The topological polar surface area (TPSA) is 61.4 Å². The molecule has 94 valence electrons. The average molecular weight is 240 g/mol. The van der Waals surface area contributed by atoms with Gasteiger partial charge in [0.1, 0.15) is 6.54 Å². The number of carbonyl (C=O) groups is 1. The lowest BCUT2D eigenvalue weighted by molar-refractivity contribution is -0.122. The molecule has 0 aromatic heterocycles. The highest BCUT2D eigenvalue weighted by Crippen LogP contribution is 2.28. The predicted molar refractivity (Wildman–Crippen MR) is 50.9 cm³/mol. The van der Waals surface area contributed by atoms with E-state index < -0.39 is 24.3 Å². The minimum absolute atomic E-state index is 0.244. The van der Waals surface area contributed by atoms with Gasteiger partial charge in [0.05, 0.1) is 12.1 Å². The molecule has 1 saturated carbocycles. The molecule has 1 aliphatic rings. The molecule has 0 spiro atoms. The van der Waals surface area contributed by atoms with Crippen molar-refractivity contribution in [1.29, 1.82) is 0 Å². The predicted octanol–water partition coefficient (Wildman–Crippen LogP) is 1.15. The van der Waals surface area contributed by atoms with E-state index in [9.17, 15) is 18.0 Å². The van der Waals surface area contributed by atoms with E-state index in [1.54, 1.807) is 5.32 Å². The van der Waals surface area contributed by atoms with Crippen LogP contribution < -0.4 is 10.6 Å². The molecule has 7 heteroatoms. The number of urea groups is 1. The van der Waals surface area contributed by atoms with Gasteiger partial charge in [-0.1, -0.05) is 12.8 Å². The van der Waals surface area contributed by atoms with Gasteiger partial charge in [0.2, 0.25) is 0 Å². The second-order valence-electron chi connectivity index (χ2n) is 4.07. The number of aliphatic hydroxyl groups excluding tert-OH is 1. The Morgan fingerprint density at radius 2 is 1.88 bits per heavy atom. The third-order valence-corrected chi connectivity index (χ3v) is 2.69. The number of hydrogen-bond donors (Lipinski definition) is 3. The van der Waals surface area contributed by atoms with Crippen molar-refractivity contribution < 1.29 is 23.1 Å². The largest absolute Gasteiger partial charge is 0.405 e. The first-order valence-electron chi connectivity index (χ1n) is 5.11. The molecule has 1 fully saturated rings. The van der Waals surface area contributed by atoms with E-state index in [0.717, 1.165) is 12.8 Å². The Balaban J connectivity index is 2.38. The molecule has 3 N–H and O–H groups in total. The molecule has 0 aliphatic heterocycles. The average Bonchev–Trinajstić information content (AvgIpc) is 2.63. The second-order valence-corrected chi connectivity index (χ2v) is 4.07. The highest BCUT2D eigenvalue weighted by Gasteiger charge is 2.35. The lowest BCUT2D eigenvalue weighted by Gasteiger charge is -2.28. The normalized spacial score (nSPS) is 19.5. The summed E-state index contributed by atoms with van der Waals surface area (Å²) in [5, 5.41) is 13.3. The van der Waals surface area contributed by atoms with E-state index >= 15 is 0 Å². The quantitative estimate of drug-likeness (QED) is 0.693. The molecule has 0 heterocycles. The van der Waals surface area contributed by atoms with E-state index in [1.807, 2.05) is 0 Å². The fourth-order valence-electron chi connectivity index (χ4n) is 1.84. The third-order valence-electron chi connectivity index (χ3n) is 2.69. The summed E-state index contributed by atoms with van der Waals surface area (Å²) in [7, 11) is 0. The van der Waals surface area contributed by atoms with Crippen LogP contribution in [0.5, 0.6) is 0 Å². The molecular formula is C9H15F3N2O2. The summed E-state index contributed by atoms with van der Waals surface area (Å²) in [6.45, 7) is -1.60. The molecule has 1 aliphatic carbocycles. The molecule has 2 amide bonds. The number of hydrogen-bond acceptors (Lipinski definition) is 2. The van der Waals surface area contributed by atoms with E-state index in [-0.39, 0.29) is 6.61 Å². The number of rotatable bonds is 3. The molecule has 0 bridgehead atoms. The maximum atomic E-state index is 11.8. The summed E-state index contributed by atoms with van der Waals surface area (Å²) >= 11 is 0. The zero-order chi connectivity index (χ0) is 12.2. The first kappa shape index (κ1) is 13.1. The van der Waals surface area contributed by atoms with Gasteiger partial charge in [-0.05, 0) is 12.8 Å². The van der Waals surface area contributed by atoms with Crippen molar-refractivity contribution in [3.8, 4) is 0 Å². The van der Waals surface area contributed by atoms with Gasteiger partial charge in [-0.15, -0.1) is 0 Å². The Labute approximate surface area is 91.2 Å². The monoisotopic (exact) mass is 240 g/mol. The van der Waals surface area contributed by atoms with Crippen molar-refractivity contribution in [2.75, 3.05) is 13.2 Å². The van der Waals surface area contributed by atoms with Crippen molar-refractivity contribution in [3.05, 3.63) is 0 Å². The van der Waals surface area contributed by atoms with E-state index in [1.165, 1.54) is 0 Å². The van der Waals surface area contributed by atoms with Crippen LogP contribution in [0.2, 0.25) is 0 Å². The van der Waals surface area contributed by atoms with Crippen LogP contribution in [0.1, 0.15) is 25.7 Å². The standard InChI is InChI=1S/C9H15F3N2O2/c10-9(11,12)5-13-7(16)14-8(6-15)3-1-2-4-8/h15H,1-6H2,(H2,13,14,16). The van der Waals surface area contributed by atoms with Crippen LogP contribution in [0.4, 0.5) is 18.0 Å². The Kier molecular flexibility index (Phi) is 4.01. The number of nitrogens with one attached hydrogen (secondary N) is 2. The minimum Gasteiger partial charge on any atom is -0.394 e. The minimum atomic E-state index is -4.42. The van der Waals surface area contributed by atoms with Crippen molar-refractivity contribution in [3.63, 3.8) is 0 Å². The van der Waals surface area contributed by atoms with Crippen LogP contribution >= 0.6 is 0 Å². The molecule has 0 unspecified atom stereocenters. The van der Waals surface area contributed by atoms with Crippen LogP contribution in [0.15, 0.2) is 0 Å². The molecule has 0 aromatic carbocycles. The maximum Gasteiger partial charge on any atom is 0.405 e. The number of alkyl halides is 3. The second kappa shape index (κ2) is 4.90. The van der Waals surface area contributed by atoms with Crippen molar-refractivity contribution in [1.82, 2.24) is 10.6 Å². The van der Waals surface area contributed by atoms with Crippen molar-refractivity contribution in [2.45, 2.75) is 37.4 Å². The van der Waals surface area contributed by atoms with Gasteiger partial charge in [-0.2, -0.15) is 13.2 Å². The fraction of sp³-hybridized carbons (Fsp3) is 0.889. The highest BCUT2D eigenvalue weighted by atomic mass is 19.4. The molecule has 0 radical (unpaired) electrons. The smallest absolute Gasteiger partial charge is 0.394 e. The summed E-state index contributed by atoms with van der Waals surface area (Å²) in [4.78, 5) is 11.2. The van der Waals surface area contributed by atoms with E-state index in [2.05, 4.69) is 5.32 Å². The van der Waals surface area contributed by atoms with Crippen LogP contribution in [-0.2, 0) is 0 Å². The summed E-state index contributed by atoms with van der Waals surface area (Å²) < 4.78 is 35.4. The van der Waals surface area contributed by atoms with Gasteiger partial charge in [-0.25, -0.2) is 4.79 Å². The third kappa shape index (κ3) is 3.88. The van der Waals surface area contributed by atoms with Crippen molar-refractivity contribution in [2.24, 2.45) is 0 Å². The number of halogens is 3. The van der Waals surface area contributed by atoms with Gasteiger partial charge in [0.25, 0.3) is 0 Å². The SMILES string of the molecule is O=C(NCC(F)(F)F)NC1(CO)CCCC1. The van der Waals surface area contributed by atoms with E-state index in [4.69, 9.17) is 5.11 Å². The molecule has 4 nitrogen and oxygen atoms in total. The zero-order valence-electron chi connectivity index (χ0n) is 8.73. The highest BCUT2D eigenvalue weighted by molar-refractivity contribution is 5.74. The maximum absolute atomic E-state index is 11.8. The van der Waals surface area contributed by atoms with Crippen molar-refractivity contribution >= 4 is 6.03 Å². The zero-order valence-corrected chi connectivity index (χ0v) is 8.73. The molecule has 1 rings (SSSR count). The van der Waals surface area contributed by atoms with Crippen LogP contribution in [-0.4, -0.2) is 36.0 Å². The molecule has 0 atom stereocenters. The molecular weight excluding hydrogens is 225 g/mol. The Hall–Kier alpha value is -0.980. The van der Waals surface area contributed by atoms with Crippen LogP contribution in [0.3, 0.4) is 0 Å². The summed E-state index contributed by atoms with van der Waals surface area (Å²) in [5.74, 6) is 0. The Morgan fingerprint density at radius 1 is 1.31 bits per heavy atom. The molecule has 16 heavy (non-hydrogen) atoms. The van der Waals surface area contributed by atoms with Crippen LogP contribution in [0.25, 0.3) is 0 Å². The number of aliphatic hydroxyl groups is 1. The number of carbonyl (C=O) groups excluding carboxylic acids is 1. The summed E-state index contributed by atoms with van der Waals surface area (Å²) in [6, 6.07) is -0.881. The fourth-order valence-corrected chi connectivity index (χ4v) is 1.84. The van der Waals surface area contributed by atoms with Gasteiger partial charge < -0.3 is 15.7 Å². The van der Waals surface area contributed by atoms with Gasteiger partial charge in [-0.3, -0.25) is 0 Å². The van der Waals surface area contributed by atoms with E-state index in [0.29, 0.717) is 12.8 Å². The first-order valence-corrected chi connectivity index (χ1v) is 5.11. The van der Waals surface area contributed by atoms with Crippen LogP contribution in [0, 0.1) is 0 Å². The number of amides is 2. The summed E-state index contributed by atoms with van der Waals surface area (Å²) in [5.41, 5.74) is -0.740.